The molecule has 0 amide bonds. The number of aromatic nitrogens is 3. The van der Waals surface area contributed by atoms with Crippen molar-refractivity contribution >= 4 is 22.5 Å². The summed E-state index contributed by atoms with van der Waals surface area (Å²) in [6.45, 7) is 0. The average molecular weight is 214 g/mol. The molecule has 0 N–H and O–H groups in total. The third-order valence-electron chi connectivity index (χ3n) is 1.80. The second kappa shape index (κ2) is 3.34. The number of rotatable bonds is 1. The van der Waals surface area contributed by atoms with Crippen molar-refractivity contribution in [1.82, 2.24) is 15.0 Å². The molecule has 0 bridgehead atoms. The first-order valence-electron chi connectivity index (χ1n) is 3.81. The van der Waals surface area contributed by atoms with E-state index in [0.29, 0.717) is 5.52 Å². The van der Waals surface area contributed by atoms with Crippen molar-refractivity contribution in [3.63, 3.8) is 0 Å². The van der Waals surface area contributed by atoms with Crippen LogP contribution in [0.4, 0.5) is 4.39 Å². The second-order valence-corrected chi connectivity index (χ2v) is 2.91. The van der Waals surface area contributed by atoms with Gasteiger partial charge in [-0.1, -0.05) is 5.21 Å². The van der Waals surface area contributed by atoms with E-state index in [9.17, 15) is 9.18 Å². The topological polar surface area (TPSA) is 47.8 Å². The van der Waals surface area contributed by atoms with Crippen LogP contribution in [0.3, 0.4) is 0 Å². The summed E-state index contributed by atoms with van der Waals surface area (Å²) >= 11 is 5.44. The second-order valence-electron chi connectivity index (χ2n) is 2.68. The van der Waals surface area contributed by atoms with Crippen LogP contribution in [0.15, 0.2) is 23.0 Å². The van der Waals surface area contributed by atoms with Crippen molar-refractivity contribution in [1.29, 1.82) is 0 Å². The lowest BCUT2D eigenvalue weighted by atomic mass is 10.2. The van der Waals surface area contributed by atoms with Gasteiger partial charge in [-0.15, -0.1) is 16.7 Å². The summed E-state index contributed by atoms with van der Waals surface area (Å²) in [5, 5.41) is 7.45. The Morgan fingerprint density at radius 1 is 1.50 bits per heavy atom. The van der Waals surface area contributed by atoms with Crippen LogP contribution in [0.2, 0.25) is 0 Å². The van der Waals surface area contributed by atoms with Crippen LogP contribution in [0, 0.1) is 5.82 Å². The predicted octanol–water partition coefficient (Wildman–Crippen LogP) is 1.13. The van der Waals surface area contributed by atoms with Crippen LogP contribution in [0.5, 0.6) is 0 Å². The zero-order chi connectivity index (χ0) is 10.1. The van der Waals surface area contributed by atoms with E-state index in [0.717, 1.165) is 10.7 Å². The molecule has 0 saturated carbocycles. The molecule has 72 valence electrons. The van der Waals surface area contributed by atoms with E-state index in [1.165, 1.54) is 12.1 Å². The molecule has 0 fully saturated rings. The van der Waals surface area contributed by atoms with Crippen molar-refractivity contribution in [3.05, 3.63) is 34.4 Å². The highest BCUT2D eigenvalue weighted by atomic mass is 35.5. The number of benzene rings is 1. The van der Waals surface area contributed by atoms with Crippen LogP contribution < -0.4 is 5.56 Å². The summed E-state index contributed by atoms with van der Waals surface area (Å²) in [7, 11) is 0. The zero-order valence-electron chi connectivity index (χ0n) is 6.94. The highest BCUT2D eigenvalue weighted by Gasteiger charge is 2.05. The monoisotopic (exact) mass is 213 g/mol. The maximum Gasteiger partial charge on any atom is 0.278 e. The highest BCUT2D eigenvalue weighted by Crippen LogP contribution is 2.07. The van der Waals surface area contributed by atoms with Gasteiger partial charge in [-0.05, 0) is 18.2 Å². The lowest BCUT2D eigenvalue weighted by molar-refractivity contribution is 0.622. The Kier molecular flexibility index (Phi) is 2.17. The minimum atomic E-state index is -0.483. The smallest absolute Gasteiger partial charge is 0.267 e. The molecule has 0 atom stereocenters. The van der Waals surface area contributed by atoms with E-state index in [1.54, 1.807) is 0 Å². The molecule has 14 heavy (non-hydrogen) atoms. The molecular weight excluding hydrogens is 209 g/mol. The minimum absolute atomic E-state index is 0.0989. The van der Waals surface area contributed by atoms with Crippen LogP contribution >= 0.6 is 11.6 Å². The SMILES string of the molecule is O=c1c2cc(F)ccc2nnn1CCl. The maximum atomic E-state index is 12.8. The molecule has 2 aromatic rings. The van der Waals surface area contributed by atoms with Crippen LogP contribution in [0.1, 0.15) is 0 Å². The molecule has 4 nitrogen and oxygen atoms in total. The van der Waals surface area contributed by atoms with Gasteiger partial charge in [0.05, 0.1) is 5.39 Å². The van der Waals surface area contributed by atoms with Gasteiger partial charge in [-0.3, -0.25) is 4.79 Å². The summed E-state index contributed by atoms with van der Waals surface area (Å²) in [6.07, 6.45) is 0. The summed E-state index contributed by atoms with van der Waals surface area (Å²) in [5.74, 6) is -0.483. The van der Waals surface area contributed by atoms with Gasteiger partial charge in [0.15, 0.2) is 0 Å². The lowest BCUT2D eigenvalue weighted by Gasteiger charge is -1.99. The first-order chi connectivity index (χ1) is 6.72. The molecule has 0 radical (unpaired) electrons. The molecule has 0 aliphatic carbocycles. The number of alkyl halides is 1. The summed E-state index contributed by atoms with van der Waals surface area (Å²) in [5.41, 5.74) is -0.0812. The van der Waals surface area contributed by atoms with Crippen LogP contribution in [-0.2, 0) is 6.00 Å². The summed E-state index contributed by atoms with van der Waals surface area (Å²) in [4.78, 5) is 11.5. The van der Waals surface area contributed by atoms with Crippen LogP contribution in [0.25, 0.3) is 10.9 Å². The first-order valence-corrected chi connectivity index (χ1v) is 4.35. The minimum Gasteiger partial charge on any atom is -0.267 e. The van der Waals surface area contributed by atoms with E-state index in [-0.39, 0.29) is 11.4 Å². The predicted molar refractivity (Wildman–Crippen MR) is 49.6 cm³/mol. The standard InChI is InChI=1S/C8H5ClFN3O/c9-4-13-8(14)6-3-5(10)1-2-7(6)11-12-13/h1-3H,4H2. The zero-order valence-corrected chi connectivity index (χ0v) is 7.70. The van der Waals surface area contributed by atoms with Gasteiger partial charge in [0.1, 0.15) is 17.3 Å². The molecule has 0 aliphatic rings. The molecule has 1 aromatic heterocycles. The van der Waals surface area contributed by atoms with E-state index in [2.05, 4.69) is 10.3 Å². The Morgan fingerprint density at radius 2 is 2.29 bits per heavy atom. The van der Waals surface area contributed by atoms with E-state index in [4.69, 9.17) is 11.6 Å². The fourth-order valence-corrected chi connectivity index (χ4v) is 1.28. The molecule has 1 aromatic carbocycles. The van der Waals surface area contributed by atoms with Crippen molar-refractivity contribution in [3.8, 4) is 0 Å². The quantitative estimate of drug-likeness (QED) is 0.667. The number of nitrogens with zero attached hydrogens (tertiary/aromatic N) is 3. The molecule has 0 spiro atoms. The van der Waals surface area contributed by atoms with Gasteiger partial charge in [0.2, 0.25) is 0 Å². The molecule has 0 unspecified atom stereocenters. The van der Waals surface area contributed by atoms with Gasteiger partial charge < -0.3 is 0 Å². The van der Waals surface area contributed by atoms with Crippen LogP contribution in [-0.4, -0.2) is 15.0 Å². The van der Waals surface area contributed by atoms with Crippen molar-refractivity contribution in [2.45, 2.75) is 6.00 Å². The number of hydrogen-bond acceptors (Lipinski definition) is 3. The Labute approximate surface area is 82.9 Å². The van der Waals surface area contributed by atoms with Gasteiger partial charge in [-0.2, -0.15) is 4.68 Å². The Bertz CT molecular complexity index is 540. The fourth-order valence-electron chi connectivity index (χ4n) is 1.13. The average Bonchev–Trinajstić information content (AvgIpc) is 2.20. The third kappa shape index (κ3) is 1.35. The van der Waals surface area contributed by atoms with E-state index in [1.807, 2.05) is 0 Å². The molecule has 0 aliphatic heterocycles. The number of fused-ring (bicyclic) bond motifs is 1. The van der Waals surface area contributed by atoms with Gasteiger partial charge in [0, 0.05) is 0 Å². The van der Waals surface area contributed by atoms with E-state index < -0.39 is 11.4 Å². The third-order valence-corrected chi connectivity index (χ3v) is 2.02. The summed E-state index contributed by atoms with van der Waals surface area (Å²) in [6, 6.07) is 3.65. The van der Waals surface area contributed by atoms with Gasteiger partial charge in [0.25, 0.3) is 5.56 Å². The Hall–Kier alpha value is -1.49. The van der Waals surface area contributed by atoms with Crippen molar-refractivity contribution < 1.29 is 4.39 Å². The highest BCUT2D eigenvalue weighted by molar-refractivity contribution is 6.15. The Morgan fingerprint density at radius 3 is 3.00 bits per heavy atom. The number of hydrogen-bond donors (Lipinski definition) is 0. The fraction of sp³-hybridized carbons (Fsp3) is 0.125. The molecule has 1 heterocycles. The Balaban J connectivity index is 2.87. The number of halogens is 2. The lowest BCUT2D eigenvalue weighted by Crippen LogP contribution is -2.22. The van der Waals surface area contributed by atoms with Crippen molar-refractivity contribution in [2.24, 2.45) is 0 Å². The first kappa shape index (κ1) is 9.08. The van der Waals surface area contributed by atoms with E-state index >= 15 is 0 Å². The molecular formula is C8H5ClFN3O. The molecule has 2 rings (SSSR count). The largest absolute Gasteiger partial charge is 0.278 e. The maximum absolute atomic E-state index is 12.8. The molecule has 0 saturated heterocycles. The van der Waals surface area contributed by atoms with Gasteiger partial charge in [-0.25, -0.2) is 4.39 Å². The normalized spacial score (nSPS) is 10.7. The summed E-state index contributed by atoms with van der Waals surface area (Å²) < 4.78 is 13.8. The van der Waals surface area contributed by atoms with Gasteiger partial charge >= 0.3 is 0 Å². The molecule has 6 heteroatoms. The van der Waals surface area contributed by atoms with Crippen molar-refractivity contribution in [2.75, 3.05) is 0 Å².